The highest BCUT2D eigenvalue weighted by atomic mass is 19.3. The summed E-state index contributed by atoms with van der Waals surface area (Å²) in [4.78, 5) is 0. The van der Waals surface area contributed by atoms with Crippen molar-refractivity contribution in [1.82, 2.24) is 0 Å². The number of benzene rings is 1. The fraction of sp³-hybridized carbons (Fsp3) is 0.400. The zero-order valence-corrected chi connectivity index (χ0v) is 8.57. The Morgan fingerprint density at radius 1 is 1.31 bits per heavy atom. The summed E-state index contributed by atoms with van der Waals surface area (Å²) in [5, 5.41) is 0. The molecule has 90 valence electrons. The highest BCUT2D eigenvalue weighted by molar-refractivity contribution is 5.38. The Morgan fingerprint density at radius 2 is 1.94 bits per heavy atom. The van der Waals surface area contributed by atoms with Crippen LogP contribution in [0.3, 0.4) is 0 Å². The Labute approximate surface area is 90.0 Å². The van der Waals surface area contributed by atoms with Crippen molar-refractivity contribution in [3.8, 4) is 5.75 Å². The Hall–Kier alpha value is -1.30. The van der Waals surface area contributed by atoms with Crippen molar-refractivity contribution in [3.05, 3.63) is 29.3 Å². The molecule has 0 aliphatic heterocycles. The van der Waals surface area contributed by atoms with E-state index in [1.54, 1.807) is 0 Å². The topological polar surface area (TPSA) is 35.2 Å². The molecule has 2 nitrogen and oxygen atoms in total. The smallest absolute Gasteiger partial charge is 0.278 e. The number of nitrogens with two attached hydrogens (primary N) is 1. The number of alkyl halides is 2. The van der Waals surface area contributed by atoms with Crippen molar-refractivity contribution in [2.75, 3.05) is 13.7 Å². The molecule has 6 heteroatoms. The minimum Gasteiger partial charge on any atom is -0.493 e. The molecule has 0 unspecified atom stereocenters. The average molecular weight is 237 g/mol. The van der Waals surface area contributed by atoms with Crippen LogP contribution in [0.5, 0.6) is 5.75 Å². The van der Waals surface area contributed by atoms with Crippen LogP contribution in [0.15, 0.2) is 12.1 Å². The maximum Gasteiger partial charge on any atom is 0.278 e. The van der Waals surface area contributed by atoms with Gasteiger partial charge >= 0.3 is 0 Å². The number of ether oxygens (including phenoxy) is 1. The lowest BCUT2D eigenvalue weighted by molar-refractivity contribution is -0.0135. The van der Waals surface area contributed by atoms with Crippen LogP contribution in [0.4, 0.5) is 17.6 Å². The van der Waals surface area contributed by atoms with Crippen molar-refractivity contribution < 1.29 is 22.3 Å². The minimum absolute atomic E-state index is 0.297. The van der Waals surface area contributed by atoms with Gasteiger partial charge in [-0.3, -0.25) is 0 Å². The third-order valence-electron chi connectivity index (χ3n) is 2.06. The van der Waals surface area contributed by atoms with E-state index in [-0.39, 0.29) is 6.54 Å². The maximum atomic E-state index is 13.5. The van der Waals surface area contributed by atoms with Gasteiger partial charge in [-0.25, -0.2) is 17.6 Å². The minimum atomic E-state index is -3.41. The first kappa shape index (κ1) is 12.8. The van der Waals surface area contributed by atoms with Crippen LogP contribution < -0.4 is 10.5 Å². The van der Waals surface area contributed by atoms with E-state index in [9.17, 15) is 17.6 Å². The third-order valence-corrected chi connectivity index (χ3v) is 2.06. The van der Waals surface area contributed by atoms with Crippen LogP contribution in [0.1, 0.15) is 12.0 Å². The van der Waals surface area contributed by atoms with Crippen LogP contribution in [-0.2, 0) is 5.92 Å². The first-order valence-corrected chi connectivity index (χ1v) is 4.53. The standard InChI is InChI=1S/C10H11F4NO/c1-16-9-7(10(13,14)2-3-15)4-6(11)5-8(9)12/h4-5H,2-3,15H2,1H3. The van der Waals surface area contributed by atoms with Gasteiger partial charge in [-0.15, -0.1) is 0 Å². The Bertz CT molecular complexity index is 381. The molecule has 0 amide bonds. The van der Waals surface area contributed by atoms with Crippen molar-refractivity contribution in [2.45, 2.75) is 12.3 Å². The van der Waals surface area contributed by atoms with E-state index >= 15 is 0 Å². The first-order chi connectivity index (χ1) is 7.42. The summed E-state index contributed by atoms with van der Waals surface area (Å²) in [5.41, 5.74) is 4.19. The summed E-state index contributed by atoms with van der Waals surface area (Å²) in [5.74, 6) is -6.30. The largest absolute Gasteiger partial charge is 0.493 e. The molecule has 1 aromatic rings. The van der Waals surface area contributed by atoms with E-state index in [1.165, 1.54) is 0 Å². The summed E-state index contributed by atoms with van der Waals surface area (Å²) < 4.78 is 57.4. The van der Waals surface area contributed by atoms with Gasteiger partial charge in [-0.1, -0.05) is 0 Å². The fourth-order valence-corrected chi connectivity index (χ4v) is 1.36. The predicted octanol–water partition coefficient (Wildman–Crippen LogP) is 2.41. The van der Waals surface area contributed by atoms with Crippen LogP contribution in [0, 0.1) is 11.6 Å². The van der Waals surface area contributed by atoms with E-state index in [2.05, 4.69) is 4.74 Å². The van der Waals surface area contributed by atoms with Gasteiger partial charge in [0.15, 0.2) is 11.6 Å². The molecule has 0 radical (unpaired) electrons. The van der Waals surface area contributed by atoms with Gasteiger partial charge in [0.25, 0.3) is 5.92 Å². The van der Waals surface area contributed by atoms with E-state index in [1.807, 2.05) is 0 Å². The molecule has 0 saturated carbocycles. The molecule has 0 aliphatic rings. The van der Waals surface area contributed by atoms with Crippen LogP contribution >= 0.6 is 0 Å². The normalized spacial score (nSPS) is 11.6. The molecule has 0 heterocycles. The van der Waals surface area contributed by atoms with Crippen LogP contribution in [-0.4, -0.2) is 13.7 Å². The van der Waals surface area contributed by atoms with Crippen LogP contribution in [0.2, 0.25) is 0 Å². The van der Waals surface area contributed by atoms with Crippen molar-refractivity contribution in [3.63, 3.8) is 0 Å². The van der Waals surface area contributed by atoms with Gasteiger partial charge in [0.2, 0.25) is 0 Å². The Kier molecular flexibility index (Phi) is 3.74. The van der Waals surface area contributed by atoms with Gasteiger partial charge in [-0.2, -0.15) is 0 Å². The quantitative estimate of drug-likeness (QED) is 0.816. The molecule has 0 spiro atoms. The van der Waals surface area contributed by atoms with E-state index < -0.39 is 35.3 Å². The molecule has 16 heavy (non-hydrogen) atoms. The number of halogens is 4. The third kappa shape index (κ3) is 2.44. The lowest BCUT2D eigenvalue weighted by Gasteiger charge is -2.19. The monoisotopic (exact) mass is 237 g/mol. The molecule has 0 aliphatic carbocycles. The average Bonchev–Trinajstić information content (AvgIpc) is 2.16. The van der Waals surface area contributed by atoms with Crippen molar-refractivity contribution in [2.24, 2.45) is 5.73 Å². The van der Waals surface area contributed by atoms with Gasteiger partial charge in [0.1, 0.15) is 5.82 Å². The molecule has 1 rings (SSSR count). The van der Waals surface area contributed by atoms with Gasteiger partial charge < -0.3 is 10.5 Å². The summed E-state index contributed by atoms with van der Waals surface area (Å²) in [7, 11) is 1.04. The lowest BCUT2D eigenvalue weighted by Crippen LogP contribution is -2.20. The Balaban J connectivity index is 3.30. The molecule has 2 N–H and O–H groups in total. The summed E-state index contributed by atoms with van der Waals surface area (Å²) in [6, 6.07) is 1.04. The number of methoxy groups -OCH3 is 1. The van der Waals surface area contributed by atoms with E-state index in [0.717, 1.165) is 7.11 Å². The summed E-state index contributed by atoms with van der Waals surface area (Å²) in [6.45, 7) is -0.297. The van der Waals surface area contributed by atoms with E-state index in [0.29, 0.717) is 12.1 Å². The highest BCUT2D eigenvalue weighted by Crippen LogP contribution is 2.39. The highest BCUT2D eigenvalue weighted by Gasteiger charge is 2.35. The molecule has 0 fully saturated rings. The molecule has 0 aromatic heterocycles. The second kappa shape index (κ2) is 4.69. The van der Waals surface area contributed by atoms with Gasteiger partial charge in [0.05, 0.1) is 12.7 Å². The van der Waals surface area contributed by atoms with Gasteiger partial charge in [-0.05, 0) is 12.6 Å². The first-order valence-electron chi connectivity index (χ1n) is 4.53. The Morgan fingerprint density at radius 3 is 2.44 bits per heavy atom. The predicted molar refractivity (Wildman–Crippen MR) is 50.5 cm³/mol. The van der Waals surface area contributed by atoms with Crippen molar-refractivity contribution >= 4 is 0 Å². The number of rotatable bonds is 4. The van der Waals surface area contributed by atoms with Crippen molar-refractivity contribution in [1.29, 1.82) is 0 Å². The molecule has 0 atom stereocenters. The zero-order valence-electron chi connectivity index (χ0n) is 8.57. The maximum absolute atomic E-state index is 13.5. The molecule has 1 aromatic carbocycles. The zero-order chi connectivity index (χ0) is 12.3. The SMILES string of the molecule is COc1c(F)cc(F)cc1C(F)(F)CCN. The second-order valence-corrected chi connectivity index (χ2v) is 3.21. The molecular weight excluding hydrogens is 226 g/mol. The van der Waals surface area contributed by atoms with E-state index in [4.69, 9.17) is 5.73 Å². The molecule has 0 bridgehead atoms. The molecular formula is C10H11F4NO. The second-order valence-electron chi connectivity index (χ2n) is 3.21. The lowest BCUT2D eigenvalue weighted by atomic mass is 10.0. The number of hydrogen-bond donors (Lipinski definition) is 1. The molecule has 0 saturated heterocycles. The van der Waals surface area contributed by atoms with Crippen LogP contribution in [0.25, 0.3) is 0 Å². The fourth-order valence-electron chi connectivity index (χ4n) is 1.36. The summed E-state index contributed by atoms with van der Waals surface area (Å²) >= 11 is 0. The number of hydrogen-bond acceptors (Lipinski definition) is 2. The van der Waals surface area contributed by atoms with Gasteiger partial charge in [0, 0.05) is 12.5 Å². The summed E-state index contributed by atoms with van der Waals surface area (Å²) in [6.07, 6.45) is -0.702.